The average Bonchev–Trinajstić information content (AvgIpc) is 3.40. The Bertz CT molecular complexity index is 1380. The van der Waals surface area contributed by atoms with E-state index in [1.807, 2.05) is 57.2 Å². The lowest BCUT2D eigenvalue weighted by atomic mass is 9.98. The molecule has 0 aliphatic carbocycles. The van der Waals surface area contributed by atoms with Gasteiger partial charge in [-0.25, -0.2) is 14.6 Å². The second kappa shape index (κ2) is 10.7. The van der Waals surface area contributed by atoms with Gasteiger partial charge in [0.15, 0.2) is 0 Å². The summed E-state index contributed by atoms with van der Waals surface area (Å²) in [6.45, 7) is 8.41. The number of aryl methyl sites for hydroxylation is 1. The van der Waals surface area contributed by atoms with Crippen LogP contribution in [0.1, 0.15) is 72.0 Å². The van der Waals surface area contributed by atoms with Crippen molar-refractivity contribution in [3.8, 4) is 11.1 Å². The maximum Gasteiger partial charge on any atom is 0.348 e. The predicted octanol–water partition coefficient (Wildman–Crippen LogP) is 6.90. The molecular weight excluding hydrogens is 472 g/mol. The molecule has 4 rings (SSSR count). The van der Waals surface area contributed by atoms with E-state index in [-0.39, 0.29) is 11.9 Å². The Hall–Kier alpha value is -3.45. The first-order valence-corrected chi connectivity index (χ1v) is 13.0. The van der Waals surface area contributed by atoms with Gasteiger partial charge in [0.05, 0.1) is 18.2 Å². The molecule has 0 aliphatic rings. The van der Waals surface area contributed by atoms with Gasteiger partial charge >= 0.3 is 11.9 Å². The van der Waals surface area contributed by atoms with Crippen LogP contribution in [0.5, 0.6) is 0 Å². The second-order valence-corrected chi connectivity index (χ2v) is 10.8. The Labute approximate surface area is 215 Å². The minimum atomic E-state index is -0.560. The van der Waals surface area contributed by atoms with Crippen molar-refractivity contribution < 1.29 is 19.1 Å². The highest BCUT2D eigenvalue weighted by molar-refractivity contribution is 7.20. The summed E-state index contributed by atoms with van der Waals surface area (Å²) >= 11 is 1.37. The van der Waals surface area contributed by atoms with Crippen LogP contribution in [0.3, 0.4) is 0 Å². The topological polar surface area (TPSA) is 70.4 Å². The molecule has 0 saturated carbocycles. The highest BCUT2D eigenvalue weighted by Crippen LogP contribution is 2.30. The minimum Gasteiger partial charge on any atom is -0.465 e. The Morgan fingerprint density at radius 2 is 1.75 bits per heavy atom. The number of benzene rings is 2. The lowest BCUT2D eigenvalue weighted by molar-refractivity contribution is 0.00702. The monoisotopic (exact) mass is 504 g/mol. The van der Waals surface area contributed by atoms with Crippen molar-refractivity contribution in [1.29, 1.82) is 0 Å². The molecule has 2 heterocycles. The molecule has 2 aromatic carbocycles. The Morgan fingerprint density at radius 3 is 2.42 bits per heavy atom. The van der Waals surface area contributed by atoms with Crippen molar-refractivity contribution in [2.45, 2.75) is 59.1 Å². The number of hydrogen-bond acceptors (Lipinski definition) is 6. The summed E-state index contributed by atoms with van der Waals surface area (Å²) in [5, 5.41) is 0. The average molecular weight is 505 g/mol. The van der Waals surface area contributed by atoms with Gasteiger partial charge in [0, 0.05) is 13.0 Å². The van der Waals surface area contributed by atoms with Crippen LogP contribution < -0.4 is 0 Å². The number of methoxy groups -OCH3 is 1. The number of fused-ring (bicyclic) bond motifs is 1. The molecule has 0 amide bonds. The van der Waals surface area contributed by atoms with Gasteiger partial charge in [-0.05, 0) is 56.0 Å². The number of thiophene rings is 1. The zero-order chi connectivity index (χ0) is 25.9. The van der Waals surface area contributed by atoms with E-state index in [4.69, 9.17) is 14.5 Å². The number of ether oxygens (including phenoxy) is 2. The van der Waals surface area contributed by atoms with E-state index in [2.05, 4.69) is 23.6 Å². The van der Waals surface area contributed by atoms with Crippen LogP contribution in [0, 0.1) is 0 Å². The van der Waals surface area contributed by atoms with Gasteiger partial charge in [-0.2, -0.15) is 0 Å². The van der Waals surface area contributed by atoms with Crippen molar-refractivity contribution in [2.75, 3.05) is 7.11 Å². The van der Waals surface area contributed by atoms with Gasteiger partial charge in [-0.15, -0.1) is 11.3 Å². The van der Waals surface area contributed by atoms with E-state index in [1.54, 1.807) is 6.07 Å². The molecule has 0 spiro atoms. The van der Waals surface area contributed by atoms with Crippen molar-refractivity contribution in [1.82, 2.24) is 9.55 Å². The number of carbonyl (C=O) groups is 2. The summed E-state index contributed by atoms with van der Waals surface area (Å²) in [5.74, 6) is 0.351. The van der Waals surface area contributed by atoms with Gasteiger partial charge in [-0.3, -0.25) is 0 Å². The molecule has 0 bridgehead atoms. The fourth-order valence-electron chi connectivity index (χ4n) is 4.08. The number of hydrogen-bond donors (Lipinski definition) is 0. The number of unbranched alkanes of at least 4 members (excludes halogenated alkanes) is 1. The normalized spacial score (nSPS) is 11.6. The van der Waals surface area contributed by atoms with E-state index < -0.39 is 5.60 Å². The summed E-state index contributed by atoms with van der Waals surface area (Å²) in [6, 6.07) is 17.6. The van der Waals surface area contributed by atoms with E-state index in [0.29, 0.717) is 17.0 Å². The van der Waals surface area contributed by atoms with Crippen LogP contribution in [0.2, 0.25) is 0 Å². The maximum atomic E-state index is 12.8. The summed E-state index contributed by atoms with van der Waals surface area (Å²) in [4.78, 5) is 31.1. The summed E-state index contributed by atoms with van der Waals surface area (Å²) in [6.07, 6.45) is 3.01. The van der Waals surface area contributed by atoms with E-state index in [0.717, 1.165) is 52.1 Å². The lowest BCUT2D eigenvalue weighted by Gasteiger charge is -2.20. The smallest absolute Gasteiger partial charge is 0.348 e. The van der Waals surface area contributed by atoms with Gasteiger partial charge < -0.3 is 14.0 Å². The molecule has 4 aromatic rings. The van der Waals surface area contributed by atoms with Crippen molar-refractivity contribution in [3.05, 3.63) is 76.4 Å². The highest BCUT2D eigenvalue weighted by atomic mass is 32.1. The third-order valence-corrected chi connectivity index (χ3v) is 6.82. The Kier molecular flexibility index (Phi) is 7.59. The Morgan fingerprint density at radius 1 is 1.03 bits per heavy atom. The fraction of sp³-hybridized carbons (Fsp3) is 0.345. The highest BCUT2D eigenvalue weighted by Gasteiger charge is 2.21. The molecule has 36 heavy (non-hydrogen) atoms. The summed E-state index contributed by atoms with van der Waals surface area (Å²) in [5.41, 5.74) is 3.84. The van der Waals surface area contributed by atoms with Crippen LogP contribution in [0.4, 0.5) is 0 Å². The van der Waals surface area contributed by atoms with Gasteiger partial charge in [0.25, 0.3) is 0 Å². The van der Waals surface area contributed by atoms with Crippen molar-refractivity contribution in [3.63, 3.8) is 0 Å². The van der Waals surface area contributed by atoms with Crippen LogP contribution in [-0.4, -0.2) is 34.2 Å². The molecule has 0 N–H and O–H groups in total. The van der Waals surface area contributed by atoms with Crippen LogP contribution in [-0.2, 0) is 22.4 Å². The molecule has 0 atom stereocenters. The molecule has 0 fully saturated rings. The number of carbonyl (C=O) groups excluding carboxylic acids is 2. The van der Waals surface area contributed by atoms with Crippen LogP contribution in [0.25, 0.3) is 21.5 Å². The molecule has 188 valence electrons. The number of nitrogens with zero attached hydrogens (tertiary/aromatic N) is 2. The SMILES string of the molecule is CCCCc1nc2sc(C(=O)OC)cc2n1Cc1ccc(-c2ccccc2C(=O)OC(C)(C)C)cc1. The predicted molar refractivity (Wildman–Crippen MR) is 144 cm³/mol. The molecule has 0 radical (unpaired) electrons. The first kappa shape index (κ1) is 25.6. The molecule has 6 nitrogen and oxygen atoms in total. The van der Waals surface area contributed by atoms with E-state index >= 15 is 0 Å². The molecule has 0 saturated heterocycles. The largest absolute Gasteiger partial charge is 0.465 e. The first-order chi connectivity index (χ1) is 17.2. The van der Waals surface area contributed by atoms with Crippen LogP contribution >= 0.6 is 11.3 Å². The van der Waals surface area contributed by atoms with Gasteiger partial charge in [0.1, 0.15) is 21.1 Å². The molecule has 7 heteroatoms. The third kappa shape index (κ3) is 5.68. The zero-order valence-corrected chi connectivity index (χ0v) is 22.3. The van der Waals surface area contributed by atoms with E-state index in [9.17, 15) is 9.59 Å². The standard InChI is InChI=1S/C29H32N2O4S/c1-6-7-12-25-30-26-23(17-24(36-26)28(33)34-5)31(25)18-19-13-15-20(16-14-19)21-10-8-9-11-22(21)27(32)35-29(2,3)4/h8-11,13-17H,6-7,12,18H2,1-5H3. The summed E-state index contributed by atoms with van der Waals surface area (Å²) < 4.78 is 12.7. The quantitative estimate of drug-likeness (QED) is 0.244. The third-order valence-electron chi connectivity index (χ3n) is 5.82. The van der Waals surface area contributed by atoms with Crippen molar-refractivity contribution >= 4 is 33.6 Å². The van der Waals surface area contributed by atoms with Gasteiger partial charge in [0.2, 0.25) is 0 Å². The number of rotatable bonds is 8. The zero-order valence-electron chi connectivity index (χ0n) is 21.5. The number of imidazole rings is 1. The fourth-order valence-corrected chi connectivity index (χ4v) is 5.05. The molecule has 0 unspecified atom stereocenters. The van der Waals surface area contributed by atoms with E-state index in [1.165, 1.54) is 18.4 Å². The summed E-state index contributed by atoms with van der Waals surface area (Å²) in [7, 11) is 1.39. The first-order valence-electron chi connectivity index (χ1n) is 12.2. The molecule has 0 aliphatic heterocycles. The molecular formula is C29H32N2O4S. The Balaban J connectivity index is 1.64. The van der Waals surface area contributed by atoms with Crippen molar-refractivity contribution in [2.24, 2.45) is 0 Å². The maximum absolute atomic E-state index is 12.8. The lowest BCUT2D eigenvalue weighted by Crippen LogP contribution is -2.24. The minimum absolute atomic E-state index is 0.331. The van der Waals surface area contributed by atoms with Gasteiger partial charge in [-0.1, -0.05) is 55.8 Å². The number of esters is 2. The number of aromatic nitrogens is 2. The molecule has 2 aromatic heterocycles. The second-order valence-electron chi connectivity index (χ2n) is 9.75. The van der Waals surface area contributed by atoms with Crippen LogP contribution in [0.15, 0.2) is 54.6 Å².